The first-order chi connectivity index (χ1) is 8.21. The summed E-state index contributed by atoms with van der Waals surface area (Å²) in [7, 11) is 0. The first kappa shape index (κ1) is 12.3. The summed E-state index contributed by atoms with van der Waals surface area (Å²) in [5.41, 5.74) is -0.642. The third-order valence-electron chi connectivity index (χ3n) is 2.78. The second kappa shape index (κ2) is 3.66. The van der Waals surface area contributed by atoms with Gasteiger partial charge in [0.2, 0.25) is 5.75 Å². The molecule has 5 nitrogen and oxygen atoms in total. The summed E-state index contributed by atoms with van der Waals surface area (Å²) in [6.07, 6.45) is 0. The molecule has 1 aromatic carbocycles. The Labute approximate surface area is 103 Å². The number of aromatic hydroxyl groups is 3. The highest BCUT2D eigenvalue weighted by Gasteiger charge is 2.22. The van der Waals surface area contributed by atoms with Crippen molar-refractivity contribution in [3.05, 3.63) is 28.1 Å². The van der Waals surface area contributed by atoms with Crippen LogP contribution < -0.4 is 5.63 Å². The quantitative estimate of drug-likeness (QED) is 0.623. The van der Waals surface area contributed by atoms with Crippen molar-refractivity contribution >= 4 is 11.0 Å². The SMILES string of the molecule is CC(C)(C)c1cc2oc(=O)c(O)c(O)c2cc1O. The normalized spacial score (nSPS) is 11.9. The van der Waals surface area contributed by atoms with Gasteiger partial charge in [0.05, 0.1) is 5.39 Å². The van der Waals surface area contributed by atoms with Gasteiger partial charge in [0, 0.05) is 5.56 Å². The molecule has 0 fully saturated rings. The number of phenols is 1. The zero-order valence-electron chi connectivity index (χ0n) is 10.3. The molecule has 1 heterocycles. The van der Waals surface area contributed by atoms with Gasteiger partial charge in [-0.2, -0.15) is 0 Å². The van der Waals surface area contributed by atoms with Crippen molar-refractivity contribution < 1.29 is 19.7 Å². The Kier molecular flexibility index (Phi) is 2.50. The van der Waals surface area contributed by atoms with Gasteiger partial charge in [0.15, 0.2) is 5.75 Å². The highest BCUT2D eigenvalue weighted by molar-refractivity contribution is 5.87. The maximum atomic E-state index is 11.3. The van der Waals surface area contributed by atoms with E-state index in [1.165, 1.54) is 12.1 Å². The monoisotopic (exact) mass is 250 g/mol. The van der Waals surface area contributed by atoms with E-state index in [0.717, 1.165) is 0 Å². The molecule has 5 heteroatoms. The van der Waals surface area contributed by atoms with Crippen molar-refractivity contribution in [2.75, 3.05) is 0 Å². The van der Waals surface area contributed by atoms with Crippen molar-refractivity contribution in [2.24, 2.45) is 0 Å². The van der Waals surface area contributed by atoms with Gasteiger partial charge in [0.1, 0.15) is 11.3 Å². The summed E-state index contributed by atoms with van der Waals surface area (Å²) < 4.78 is 4.89. The first-order valence-electron chi connectivity index (χ1n) is 5.44. The lowest BCUT2D eigenvalue weighted by atomic mass is 9.86. The Balaban J connectivity index is 2.90. The second-order valence-electron chi connectivity index (χ2n) is 5.20. The van der Waals surface area contributed by atoms with E-state index >= 15 is 0 Å². The van der Waals surface area contributed by atoms with Gasteiger partial charge in [-0.25, -0.2) is 4.79 Å². The summed E-state index contributed by atoms with van der Waals surface area (Å²) in [5.74, 6) is -1.47. The van der Waals surface area contributed by atoms with Crippen LogP contribution in [0.3, 0.4) is 0 Å². The molecule has 0 saturated heterocycles. The van der Waals surface area contributed by atoms with Gasteiger partial charge in [-0.3, -0.25) is 0 Å². The molecule has 0 unspecified atom stereocenters. The molecule has 1 aromatic heterocycles. The summed E-state index contributed by atoms with van der Waals surface area (Å²) in [6.45, 7) is 5.69. The van der Waals surface area contributed by atoms with E-state index in [9.17, 15) is 20.1 Å². The van der Waals surface area contributed by atoms with Crippen LogP contribution in [0.5, 0.6) is 17.2 Å². The van der Waals surface area contributed by atoms with Crippen molar-refractivity contribution in [1.29, 1.82) is 0 Å². The molecule has 0 atom stereocenters. The fraction of sp³-hybridized carbons (Fsp3) is 0.308. The van der Waals surface area contributed by atoms with Gasteiger partial charge in [-0.1, -0.05) is 20.8 Å². The molecular weight excluding hydrogens is 236 g/mol. The minimum atomic E-state index is -1.01. The largest absolute Gasteiger partial charge is 0.508 e. The van der Waals surface area contributed by atoms with E-state index in [1.54, 1.807) is 0 Å². The number of rotatable bonds is 0. The van der Waals surface area contributed by atoms with Crippen LogP contribution >= 0.6 is 0 Å². The standard InChI is InChI=1S/C13H14O5/c1-13(2,3)7-5-9-6(4-8(7)14)10(15)11(16)12(17)18-9/h4-5,14-16H,1-3H3. The molecule has 0 saturated carbocycles. The molecule has 0 aliphatic carbocycles. The van der Waals surface area contributed by atoms with Gasteiger partial charge in [0.25, 0.3) is 0 Å². The lowest BCUT2D eigenvalue weighted by Crippen LogP contribution is -2.11. The Hall–Kier alpha value is -2.17. The van der Waals surface area contributed by atoms with E-state index in [0.29, 0.717) is 5.56 Å². The minimum Gasteiger partial charge on any atom is -0.508 e. The predicted octanol–water partition coefficient (Wildman–Crippen LogP) is 2.21. The van der Waals surface area contributed by atoms with Crippen molar-refractivity contribution in [3.8, 4) is 17.2 Å². The zero-order chi connectivity index (χ0) is 13.7. The Morgan fingerprint density at radius 2 is 1.67 bits per heavy atom. The number of benzene rings is 1. The van der Waals surface area contributed by atoms with Crippen LogP contribution in [0.25, 0.3) is 11.0 Å². The molecule has 2 aromatic rings. The summed E-state index contributed by atoms with van der Waals surface area (Å²) in [4.78, 5) is 11.3. The number of phenolic OH excluding ortho intramolecular Hbond substituents is 1. The van der Waals surface area contributed by atoms with Crippen LogP contribution in [0, 0.1) is 0 Å². The van der Waals surface area contributed by atoms with Gasteiger partial charge >= 0.3 is 5.63 Å². The van der Waals surface area contributed by atoms with Crippen molar-refractivity contribution in [3.63, 3.8) is 0 Å². The Morgan fingerprint density at radius 3 is 2.22 bits per heavy atom. The average Bonchev–Trinajstić information content (AvgIpc) is 2.25. The fourth-order valence-electron chi connectivity index (χ4n) is 1.81. The molecule has 18 heavy (non-hydrogen) atoms. The molecule has 0 spiro atoms. The predicted molar refractivity (Wildman–Crippen MR) is 66.2 cm³/mol. The maximum absolute atomic E-state index is 11.3. The highest BCUT2D eigenvalue weighted by atomic mass is 16.4. The molecule has 0 bridgehead atoms. The van der Waals surface area contributed by atoms with Gasteiger partial charge in [-0.15, -0.1) is 0 Å². The third-order valence-corrected chi connectivity index (χ3v) is 2.78. The Bertz CT molecular complexity index is 676. The first-order valence-corrected chi connectivity index (χ1v) is 5.44. The van der Waals surface area contributed by atoms with E-state index in [2.05, 4.69) is 0 Å². The minimum absolute atomic E-state index is 0.0291. The topological polar surface area (TPSA) is 90.9 Å². The van der Waals surface area contributed by atoms with Crippen molar-refractivity contribution in [1.82, 2.24) is 0 Å². The van der Waals surface area contributed by atoms with Crippen LogP contribution in [-0.4, -0.2) is 15.3 Å². The van der Waals surface area contributed by atoms with E-state index in [1.807, 2.05) is 20.8 Å². The summed E-state index contributed by atoms with van der Waals surface area (Å²) in [6, 6.07) is 2.76. The highest BCUT2D eigenvalue weighted by Crippen LogP contribution is 2.38. The van der Waals surface area contributed by atoms with Crippen LogP contribution in [0.4, 0.5) is 0 Å². The third kappa shape index (κ3) is 1.77. The molecule has 0 aliphatic heterocycles. The van der Waals surface area contributed by atoms with Crippen LogP contribution in [0.1, 0.15) is 26.3 Å². The maximum Gasteiger partial charge on any atom is 0.382 e. The number of fused-ring (bicyclic) bond motifs is 1. The lowest BCUT2D eigenvalue weighted by molar-refractivity contribution is 0.377. The van der Waals surface area contributed by atoms with Gasteiger partial charge < -0.3 is 19.7 Å². The molecule has 3 N–H and O–H groups in total. The summed E-state index contributed by atoms with van der Waals surface area (Å²) in [5, 5.41) is 28.9. The molecule has 96 valence electrons. The molecule has 2 rings (SSSR count). The van der Waals surface area contributed by atoms with Crippen LogP contribution in [-0.2, 0) is 5.41 Å². The zero-order valence-corrected chi connectivity index (χ0v) is 10.3. The smallest absolute Gasteiger partial charge is 0.382 e. The average molecular weight is 250 g/mol. The van der Waals surface area contributed by atoms with Gasteiger partial charge in [-0.05, 0) is 17.5 Å². The number of hydrogen-bond acceptors (Lipinski definition) is 5. The molecular formula is C13H14O5. The Morgan fingerprint density at radius 1 is 1.06 bits per heavy atom. The molecule has 0 radical (unpaired) electrons. The molecule has 0 amide bonds. The fourth-order valence-corrected chi connectivity index (χ4v) is 1.81. The van der Waals surface area contributed by atoms with Crippen molar-refractivity contribution in [2.45, 2.75) is 26.2 Å². The van der Waals surface area contributed by atoms with Crippen LogP contribution in [0.2, 0.25) is 0 Å². The number of hydrogen-bond donors (Lipinski definition) is 3. The molecule has 0 aliphatic rings. The van der Waals surface area contributed by atoms with E-state index in [4.69, 9.17) is 4.42 Å². The van der Waals surface area contributed by atoms with E-state index < -0.39 is 17.1 Å². The second-order valence-corrected chi connectivity index (χ2v) is 5.20. The lowest BCUT2D eigenvalue weighted by Gasteiger charge is -2.20. The van der Waals surface area contributed by atoms with Crippen LogP contribution in [0.15, 0.2) is 21.3 Å². The summed E-state index contributed by atoms with van der Waals surface area (Å²) >= 11 is 0. The van der Waals surface area contributed by atoms with E-state index in [-0.39, 0.29) is 22.1 Å².